The van der Waals surface area contributed by atoms with Gasteiger partial charge in [-0.2, -0.15) is 22.0 Å². The summed E-state index contributed by atoms with van der Waals surface area (Å²) in [4.78, 5) is 12.2. The van der Waals surface area contributed by atoms with Crippen LogP contribution in [0.25, 0.3) is 0 Å². The highest BCUT2D eigenvalue weighted by Gasteiger charge is 2.41. The monoisotopic (exact) mass is 367 g/mol. The molecule has 25 heavy (non-hydrogen) atoms. The number of rotatable bonds is 5. The molecule has 0 saturated heterocycles. The molecule has 4 nitrogen and oxygen atoms in total. The van der Waals surface area contributed by atoms with Crippen LogP contribution in [0.1, 0.15) is 36.0 Å². The highest BCUT2D eigenvalue weighted by atomic mass is 19.4. The fraction of sp³-hybridized carbons (Fsp3) is 0.562. The van der Waals surface area contributed by atoms with Crippen LogP contribution in [-0.4, -0.2) is 31.8 Å². The molecule has 0 aromatic heterocycles. The van der Waals surface area contributed by atoms with Crippen LogP contribution in [0.3, 0.4) is 0 Å². The smallest absolute Gasteiger partial charge is 0.391 e. The second kappa shape index (κ2) is 7.88. The quantitative estimate of drug-likeness (QED) is 0.796. The summed E-state index contributed by atoms with van der Waals surface area (Å²) in [6, 6.07) is 3.41. The third-order valence-corrected chi connectivity index (χ3v) is 4.17. The van der Waals surface area contributed by atoms with Crippen LogP contribution in [0.5, 0.6) is 11.5 Å². The highest BCUT2D eigenvalue weighted by molar-refractivity contribution is 5.95. The third kappa shape index (κ3) is 5.20. The lowest BCUT2D eigenvalue weighted by Crippen LogP contribution is -2.40. The summed E-state index contributed by atoms with van der Waals surface area (Å²) in [7, 11) is 1.27. The Labute approximate surface area is 141 Å². The van der Waals surface area contributed by atoms with Crippen molar-refractivity contribution in [3.05, 3.63) is 23.8 Å². The number of nitrogens with one attached hydrogen (secondary N) is 1. The predicted octanol–water partition coefficient (Wildman–Crippen LogP) is 4.15. The van der Waals surface area contributed by atoms with Crippen molar-refractivity contribution in [1.29, 1.82) is 0 Å². The van der Waals surface area contributed by atoms with Gasteiger partial charge in [-0.15, -0.1) is 0 Å². The van der Waals surface area contributed by atoms with Crippen LogP contribution >= 0.6 is 0 Å². The Morgan fingerprint density at radius 3 is 2.32 bits per heavy atom. The van der Waals surface area contributed by atoms with Crippen LogP contribution < -0.4 is 14.8 Å². The van der Waals surface area contributed by atoms with Gasteiger partial charge in [0.1, 0.15) is 0 Å². The number of alkyl halides is 5. The van der Waals surface area contributed by atoms with E-state index >= 15 is 0 Å². The minimum absolute atomic E-state index is 0.0440. The summed E-state index contributed by atoms with van der Waals surface area (Å²) in [6.07, 6.45) is -3.88. The van der Waals surface area contributed by atoms with Crippen LogP contribution in [-0.2, 0) is 0 Å². The van der Waals surface area contributed by atoms with Gasteiger partial charge in [0.25, 0.3) is 5.91 Å². The van der Waals surface area contributed by atoms with E-state index < -0.39 is 24.6 Å². The van der Waals surface area contributed by atoms with Crippen molar-refractivity contribution in [2.45, 2.75) is 44.5 Å². The normalized spacial score (nSPS) is 21.1. The molecular formula is C16H18F5NO3. The number of halogens is 5. The van der Waals surface area contributed by atoms with Gasteiger partial charge in [-0.05, 0) is 43.9 Å². The SMILES string of the molecule is COc1ccc(C(=O)NC2CCC(C(F)(F)F)CC2)cc1OC(F)F. The van der Waals surface area contributed by atoms with E-state index in [0.29, 0.717) is 0 Å². The van der Waals surface area contributed by atoms with Crippen molar-refractivity contribution < 1.29 is 36.2 Å². The Hall–Kier alpha value is -2.06. The first-order valence-corrected chi connectivity index (χ1v) is 7.71. The second-order valence-electron chi connectivity index (χ2n) is 5.81. The molecule has 1 aliphatic rings. The number of carbonyl (C=O) groups is 1. The topological polar surface area (TPSA) is 47.6 Å². The average molecular weight is 367 g/mol. The van der Waals surface area contributed by atoms with Gasteiger partial charge < -0.3 is 14.8 Å². The van der Waals surface area contributed by atoms with Crippen LogP contribution in [0.2, 0.25) is 0 Å². The number of amides is 1. The zero-order valence-corrected chi connectivity index (χ0v) is 13.4. The molecule has 0 radical (unpaired) electrons. The average Bonchev–Trinajstić information content (AvgIpc) is 2.54. The Morgan fingerprint density at radius 2 is 1.80 bits per heavy atom. The lowest BCUT2D eigenvalue weighted by Gasteiger charge is -2.30. The first-order chi connectivity index (χ1) is 11.7. The molecule has 1 N–H and O–H groups in total. The number of hydrogen-bond acceptors (Lipinski definition) is 3. The van der Waals surface area contributed by atoms with Gasteiger partial charge in [0.2, 0.25) is 0 Å². The summed E-state index contributed by atoms with van der Waals surface area (Å²) < 4.78 is 71.9. The van der Waals surface area contributed by atoms with Gasteiger partial charge in [-0.1, -0.05) is 0 Å². The summed E-state index contributed by atoms with van der Waals surface area (Å²) in [5.74, 6) is -2.14. The lowest BCUT2D eigenvalue weighted by atomic mass is 9.85. The Bertz CT molecular complexity index is 598. The minimum atomic E-state index is -4.22. The molecule has 1 aromatic carbocycles. The fourth-order valence-electron chi connectivity index (χ4n) is 2.84. The maximum absolute atomic E-state index is 12.6. The molecule has 0 aliphatic heterocycles. The summed E-state index contributed by atoms with van der Waals surface area (Å²) >= 11 is 0. The van der Waals surface area contributed by atoms with E-state index in [2.05, 4.69) is 10.1 Å². The molecule has 140 valence electrons. The number of methoxy groups -OCH3 is 1. The van der Waals surface area contributed by atoms with Crippen LogP contribution in [0.4, 0.5) is 22.0 Å². The number of hydrogen-bond donors (Lipinski definition) is 1. The molecule has 0 bridgehead atoms. The van der Waals surface area contributed by atoms with E-state index in [1.807, 2.05) is 0 Å². The molecule has 0 spiro atoms. The Kier molecular flexibility index (Phi) is 6.07. The summed E-state index contributed by atoms with van der Waals surface area (Å²) in [6.45, 7) is -3.08. The van der Waals surface area contributed by atoms with Gasteiger partial charge in [-0.3, -0.25) is 4.79 Å². The predicted molar refractivity (Wildman–Crippen MR) is 78.9 cm³/mol. The molecule has 1 amide bonds. The molecule has 9 heteroatoms. The number of ether oxygens (including phenoxy) is 2. The number of carbonyl (C=O) groups excluding carboxylic acids is 1. The lowest BCUT2D eigenvalue weighted by molar-refractivity contribution is -0.182. The van der Waals surface area contributed by atoms with E-state index in [1.165, 1.54) is 19.2 Å². The molecule has 2 rings (SSSR count). The molecule has 0 atom stereocenters. The van der Waals surface area contributed by atoms with Crippen LogP contribution in [0, 0.1) is 5.92 Å². The van der Waals surface area contributed by atoms with Crippen molar-refractivity contribution in [3.63, 3.8) is 0 Å². The van der Waals surface area contributed by atoms with Gasteiger partial charge in [0, 0.05) is 11.6 Å². The molecule has 1 saturated carbocycles. The van der Waals surface area contributed by atoms with Gasteiger partial charge in [0.15, 0.2) is 11.5 Å². The van der Waals surface area contributed by atoms with Gasteiger partial charge >= 0.3 is 12.8 Å². The minimum Gasteiger partial charge on any atom is -0.493 e. The van der Waals surface area contributed by atoms with Gasteiger partial charge in [0.05, 0.1) is 13.0 Å². The molecule has 0 unspecified atom stereocenters. The first-order valence-electron chi connectivity index (χ1n) is 7.71. The molecule has 1 fully saturated rings. The van der Waals surface area contributed by atoms with Crippen molar-refractivity contribution in [3.8, 4) is 11.5 Å². The molecule has 0 heterocycles. The standard InChI is InChI=1S/C16H18F5NO3/c1-24-12-7-2-9(8-13(12)25-15(17)18)14(23)22-11-5-3-10(4-6-11)16(19,20)21/h2,7-8,10-11,15H,3-6H2,1H3,(H,22,23). The molecule has 1 aromatic rings. The van der Waals surface area contributed by atoms with E-state index in [0.717, 1.165) is 6.07 Å². The Morgan fingerprint density at radius 1 is 1.16 bits per heavy atom. The van der Waals surface area contributed by atoms with E-state index in [1.54, 1.807) is 0 Å². The van der Waals surface area contributed by atoms with Crippen LogP contribution in [0.15, 0.2) is 18.2 Å². The van der Waals surface area contributed by atoms with Crippen molar-refractivity contribution in [1.82, 2.24) is 5.32 Å². The van der Waals surface area contributed by atoms with E-state index in [4.69, 9.17) is 4.74 Å². The zero-order valence-electron chi connectivity index (χ0n) is 13.4. The van der Waals surface area contributed by atoms with E-state index in [9.17, 15) is 26.7 Å². The van der Waals surface area contributed by atoms with Gasteiger partial charge in [-0.25, -0.2) is 0 Å². The summed E-state index contributed by atoms with van der Waals surface area (Å²) in [5.41, 5.74) is 0.0643. The maximum atomic E-state index is 12.6. The first kappa shape index (κ1) is 19.3. The van der Waals surface area contributed by atoms with Crippen molar-refractivity contribution in [2.24, 2.45) is 5.92 Å². The third-order valence-electron chi connectivity index (χ3n) is 4.17. The van der Waals surface area contributed by atoms with Crippen molar-refractivity contribution in [2.75, 3.05) is 7.11 Å². The second-order valence-corrected chi connectivity index (χ2v) is 5.81. The van der Waals surface area contributed by atoms with E-state index in [-0.39, 0.29) is 48.8 Å². The highest BCUT2D eigenvalue weighted by Crippen LogP contribution is 2.37. The molecule has 1 aliphatic carbocycles. The fourth-order valence-corrected chi connectivity index (χ4v) is 2.84. The Balaban J connectivity index is 1.99. The zero-order chi connectivity index (χ0) is 18.6. The van der Waals surface area contributed by atoms with Crippen molar-refractivity contribution >= 4 is 5.91 Å². The summed E-state index contributed by atoms with van der Waals surface area (Å²) in [5, 5.41) is 2.64. The molecular weight excluding hydrogens is 349 g/mol. The largest absolute Gasteiger partial charge is 0.493 e. The maximum Gasteiger partial charge on any atom is 0.391 e. The number of benzene rings is 1.